The van der Waals surface area contributed by atoms with Gasteiger partial charge in [-0.1, -0.05) is 121 Å². The summed E-state index contributed by atoms with van der Waals surface area (Å²) in [7, 11) is 0. The quantitative estimate of drug-likeness (QED) is 0.172. The van der Waals surface area contributed by atoms with Gasteiger partial charge in [0.25, 0.3) is 0 Å². The molecule has 0 aliphatic carbocycles. The van der Waals surface area contributed by atoms with E-state index in [2.05, 4.69) is 206 Å². The Morgan fingerprint density at radius 3 is 1.06 bits per heavy atom. The Balaban J connectivity index is 1.22. The Kier molecular flexibility index (Phi) is 8.34. The van der Waals surface area contributed by atoms with Crippen LogP contribution in [0, 0.1) is 34.0 Å². The van der Waals surface area contributed by atoms with Crippen molar-refractivity contribution in [3.8, 4) is 52.1 Å². The average molecular weight is 890 g/mol. The number of rotatable bonds is 5. The van der Waals surface area contributed by atoms with E-state index in [0.717, 1.165) is 116 Å². The van der Waals surface area contributed by atoms with Gasteiger partial charge < -0.3 is 18.3 Å². The smallest absolute Gasteiger partial charge is 0.0993 e. The molecule has 0 unspecified atom stereocenters. The molecule has 0 aliphatic rings. The maximum Gasteiger partial charge on any atom is 0.0993 e. The first kappa shape index (κ1) is 39.1. The highest BCUT2D eigenvalue weighted by atomic mass is 15.0. The standard InChI is InChI=1S/C63H35N7/c64-36-39-31-40(37-65)33-42(32-39)59-57(69-51-23-11-7-19-45(51)47-27-29-55-60(62(47)69)49-21-9-13-25-53(49)67(55)43-15-3-1-4-16-43)34-41(38-66)35-58(59)70-52-24-12-8-20-46(52)48-28-30-56-61(63(48)70)50-22-10-14-26-54(50)68(56)44-17-5-2-6-18-44/h1-35H. The second-order valence-electron chi connectivity index (χ2n) is 17.8. The zero-order valence-electron chi connectivity index (χ0n) is 37.3. The van der Waals surface area contributed by atoms with Crippen LogP contribution >= 0.6 is 0 Å². The normalized spacial score (nSPS) is 11.7. The number of hydrogen-bond donors (Lipinski definition) is 0. The summed E-state index contributed by atoms with van der Waals surface area (Å²) in [6.07, 6.45) is 0. The van der Waals surface area contributed by atoms with E-state index in [1.165, 1.54) is 0 Å². The van der Waals surface area contributed by atoms with Crippen LogP contribution in [0.2, 0.25) is 0 Å². The molecule has 0 saturated carbocycles. The number of nitriles is 3. The van der Waals surface area contributed by atoms with Crippen molar-refractivity contribution in [2.45, 2.75) is 0 Å². The van der Waals surface area contributed by atoms with Crippen molar-refractivity contribution in [2.75, 3.05) is 0 Å². The molecule has 0 atom stereocenters. The maximum atomic E-state index is 11.3. The molecule has 0 spiro atoms. The first-order valence-electron chi connectivity index (χ1n) is 23.2. The SMILES string of the molecule is N#Cc1cc(C#N)cc(-c2c(-n3c4ccccc4c4ccc5c(c6ccccc6n5-c5ccccc5)c43)cc(C#N)cc2-n2c3ccccc3c3ccc4c(c5ccccc5n4-c4ccccc4)c32)c1. The van der Waals surface area contributed by atoms with Gasteiger partial charge in [0, 0.05) is 60.0 Å². The molecule has 0 N–H and O–H groups in total. The number of fused-ring (bicyclic) bond motifs is 14. The topological polar surface area (TPSA) is 91.1 Å². The molecule has 14 aromatic rings. The van der Waals surface area contributed by atoms with Crippen LogP contribution in [0.3, 0.4) is 0 Å². The molecular formula is C63H35N7. The lowest BCUT2D eigenvalue weighted by molar-refractivity contribution is 1.14. The number of benzene rings is 10. The minimum Gasteiger partial charge on any atom is -0.309 e. The van der Waals surface area contributed by atoms with Gasteiger partial charge in [-0.2, -0.15) is 15.8 Å². The molecule has 4 heterocycles. The fourth-order valence-electron chi connectivity index (χ4n) is 11.5. The highest BCUT2D eigenvalue weighted by molar-refractivity contribution is 6.28. The lowest BCUT2D eigenvalue weighted by Gasteiger charge is -2.21. The van der Waals surface area contributed by atoms with Gasteiger partial charge in [0.15, 0.2) is 0 Å². The van der Waals surface area contributed by atoms with Gasteiger partial charge in [-0.05, 0) is 96.6 Å². The largest absolute Gasteiger partial charge is 0.309 e. The van der Waals surface area contributed by atoms with Gasteiger partial charge in [0.05, 0.1) is 90.4 Å². The van der Waals surface area contributed by atoms with E-state index in [9.17, 15) is 15.8 Å². The minimum atomic E-state index is 0.362. The van der Waals surface area contributed by atoms with Crippen molar-refractivity contribution >= 4 is 87.2 Å². The predicted octanol–water partition coefficient (Wildman–Crippen LogP) is 15.4. The van der Waals surface area contributed by atoms with E-state index in [0.29, 0.717) is 22.3 Å². The lowest BCUT2D eigenvalue weighted by atomic mass is 9.95. The molecule has 14 rings (SSSR count). The monoisotopic (exact) mass is 889 g/mol. The highest BCUT2D eigenvalue weighted by Crippen LogP contribution is 2.48. The number of hydrogen-bond acceptors (Lipinski definition) is 3. The average Bonchev–Trinajstić information content (AvgIpc) is 4.15. The van der Waals surface area contributed by atoms with Gasteiger partial charge in [-0.15, -0.1) is 0 Å². The number of nitrogens with zero attached hydrogens (tertiary/aromatic N) is 7. The highest BCUT2D eigenvalue weighted by Gasteiger charge is 2.28. The summed E-state index contributed by atoms with van der Waals surface area (Å²) in [6.45, 7) is 0. The summed E-state index contributed by atoms with van der Waals surface area (Å²) in [5.74, 6) is 0. The Morgan fingerprint density at radius 1 is 0.286 bits per heavy atom. The Labute approximate surface area is 400 Å². The number of aromatic nitrogens is 4. The summed E-state index contributed by atoms with van der Waals surface area (Å²) in [6, 6.07) is 80.5. The third kappa shape index (κ3) is 5.42. The Hall–Kier alpha value is -10.1. The van der Waals surface area contributed by atoms with Gasteiger partial charge in [-0.25, -0.2) is 0 Å². The predicted molar refractivity (Wildman–Crippen MR) is 283 cm³/mol. The molecule has 0 bridgehead atoms. The fourth-order valence-corrected chi connectivity index (χ4v) is 11.5. The molecule has 0 amide bonds. The second kappa shape index (κ2) is 14.9. The molecule has 0 aliphatic heterocycles. The van der Waals surface area contributed by atoms with Crippen molar-refractivity contribution in [2.24, 2.45) is 0 Å². The van der Waals surface area contributed by atoms with Crippen molar-refractivity contribution in [3.05, 3.63) is 229 Å². The van der Waals surface area contributed by atoms with E-state index in [-0.39, 0.29) is 0 Å². The van der Waals surface area contributed by atoms with E-state index in [1.807, 2.05) is 36.4 Å². The van der Waals surface area contributed by atoms with Crippen molar-refractivity contribution in [3.63, 3.8) is 0 Å². The van der Waals surface area contributed by atoms with Crippen molar-refractivity contribution < 1.29 is 0 Å². The van der Waals surface area contributed by atoms with Crippen LogP contribution in [0.15, 0.2) is 212 Å². The lowest BCUT2D eigenvalue weighted by Crippen LogP contribution is -2.06. The third-order valence-electron chi connectivity index (χ3n) is 14.2. The first-order chi connectivity index (χ1) is 34.6. The van der Waals surface area contributed by atoms with Crippen molar-refractivity contribution in [1.29, 1.82) is 15.8 Å². The van der Waals surface area contributed by atoms with Gasteiger partial charge in [0.1, 0.15) is 0 Å². The molecule has 10 aromatic carbocycles. The molecule has 7 nitrogen and oxygen atoms in total. The molecule has 70 heavy (non-hydrogen) atoms. The molecule has 322 valence electrons. The zero-order chi connectivity index (χ0) is 46.6. The van der Waals surface area contributed by atoms with Crippen LogP contribution in [-0.2, 0) is 0 Å². The van der Waals surface area contributed by atoms with Gasteiger partial charge in [-0.3, -0.25) is 0 Å². The van der Waals surface area contributed by atoms with E-state index < -0.39 is 0 Å². The Bertz CT molecular complexity index is 4390. The molecular weight excluding hydrogens is 855 g/mol. The van der Waals surface area contributed by atoms with Crippen LogP contribution in [0.4, 0.5) is 0 Å². The zero-order valence-corrected chi connectivity index (χ0v) is 37.3. The van der Waals surface area contributed by atoms with Crippen LogP contribution in [0.5, 0.6) is 0 Å². The third-order valence-corrected chi connectivity index (χ3v) is 14.2. The van der Waals surface area contributed by atoms with E-state index in [1.54, 1.807) is 6.07 Å². The molecule has 7 heteroatoms. The molecule has 0 radical (unpaired) electrons. The minimum absolute atomic E-state index is 0.362. The summed E-state index contributed by atoms with van der Waals surface area (Å²) in [5.41, 5.74) is 14.3. The second-order valence-corrected chi connectivity index (χ2v) is 17.8. The van der Waals surface area contributed by atoms with Crippen LogP contribution in [-0.4, -0.2) is 18.3 Å². The van der Waals surface area contributed by atoms with Crippen LogP contribution < -0.4 is 0 Å². The van der Waals surface area contributed by atoms with E-state index in [4.69, 9.17) is 0 Å². The van der Waals surface area contributed by atoms with Gasteiger partial charge in [0.2, 0.25) is 0 Å². The van der Waals surface area contributed by atoms with E-state index >= 15 is 0 Å². The molecule has 0 saturated heterocycles. The molecule has 4 aromatic heterocycles. The summed E-state index contributed by atoms with van der Waals surface area (Å²) in [4.78, 5) is 0. The van der Waals surface area contributed by atoms with Crippen molar-refractivity contribution in [1.82, 2.24) is 18.3 Å². The summed E-state index contributed by atoms with van der Waals surface area (Å²) < 4.78 is 9.30. The maximum absolute atomic E-state index is 11.3. The van der Waals surface area contributed by atoms with Gasteiger partial charge >= 0.3 is 0 Å². The summed E-state index contributed by atoms with van der Waals surface area (Å²) in [5, 5.41) is 41.0. The summed E-state index contributed by atoms with van der Waals surface area (Å²) >= 11 is 0. The molecule has 0 fully saturated rings. The Morgan fingerprint density at radius 2 is 0.643 bits per heavy atom. The van der Waals surface area contributed by atoms with Crippen LogP contribution in [0.25, 0.3) is 121 Å². The first-order valence-corrected chi connectivity index (χ1v) is 23.2. The number of para-hydroxylation sites is 6. The van der Waals surface area contributed by atoms with Crippen LogP contribution in [0.1, 0.15) is 16.7 Å². The fraction of sp³-hybridized carbons (Fsp3) is 0.